The summed E-state index contributed by atoms with van der Waals surface area (Å²) in [5, 5.41) is 26.2. The second-order valence-corrected chi connectivity index (χ2v) is 14.9. The number of hydrogen-bond acceptors (Lipinski definition) is 4. The van der Waals surface area contributed by atoms with Gasteiger partial charge in [0.05, 0.1) is 0 Å². The Balaban J connectivity index is 1.27. The molecule has 3 aromatic heterocycles. The van der Waals surface area contributed by atoms with Gasteiger partial charge in [0, 0.05) is 32.3 Å². The van der Waals surface area contributed by atoms with Crippen molar-refractivity contribution in [1.82, 2.24) is 0 Å². The first-order valence-electron chi connectivity index (χ1n) is 19.2. The summed E-state index contributed by atoms with van der Waals surface area (Å²) < 4.78 is 21.0. The van der Waals surface area contributed by atoms with Crippen LogP contribution in [0.1, 0.15) is 57.4 Å². The standard InChI is InChI=1S/C49H38O4/c1-2-3-4-5-6-7-8-19-30-26-28-17-9-11-20-31(28)38-40-33-22-13-15-24-35(33)42-43-36-25-16-14-23-34(36)41-39-32-21-12-10-18-29(32)27-37(50)45(39)52-47(41)49(43)53-48(42)46(40)51-44(30)38/h9-18,20-27,50H,2-8,19H2,1H3. The molecule has 1 N–H and O–H groups in total. The second-order valence-electron chi connectivity index (χ2n) is 14.9. The van der Waals surface area contributed by atoms with Crippen LogP contribution < -0.4 is 0 Å². The Kier molecular flexibility index (Phi) is 6.79. The van der Waals surface area contributed by atoms with Crippen molar-refractivity contribution in [1.29, 1.82) is 0 Å². The van der Waals surface area contributed by atoms with E-state index < -0.39 is 0 Å². The SMILES string of the molecule is CCCCCCCCCc1cc2ccccc2c2c1oc1c3oc4c5oc6c(O)cc7ccccc7c6c5c5ccccc5c4c3c3ccccc3c12. The van der Waals surface area contributed by atoms with Crippen molar-refractivity contribution in [2.75, 3.05) is 0 Å². The highest BCUT2D eigenvalue weighted by Crippen LogP contribution is 2.52. The lowest BCUT2D eigenvalue weighted by molar-refractivity contribution is 0.469. The zero-order chi connectivity index (χ0) is 35.2. The Hall–Kier alpha value is -6.00. The lowest BCUT2D eigenvalue weighted by atomic mass is 9.92. The molecule has 11 aromatic rings. The van der Waals surface area contributed by atoms with Crippen LogP contribution in [-0.4, -0.2) is 5.11 Å². The molecule has 8 aromatic carbocycles. The van der Waals surface area contributed by atoms with E-state index in [-0.39, 0.29) is 5.75 Å². The molecule has 0 saturated carbocycles. The first-order valence-corrected chi connectivity index (χ1v) is 19.2. The largest absolute Gasteiger partial charge is 0.504 e. The molecule has 4 heteroatoms. The van der Waals surface area contributed by atoms with E-state index in [4.69, 9.17) is 13.3 Å². The highest BCUT2D eigenvalue weighted by molar-refractivity contribution is 6.42. The predicted octanol–water partition coefficient (Wildman–Crippen LogP) is 15.0. The number of fused-ring (bicyclic) bond motifs is 21. The van der Waals surface area contributed by atoms with Gasteiger partial charge in [-0.2, -0.15) is 0 Å². The normalized spacial score (nSPS) is 12.5. The summed E-state index contributed by atoms with van der Waals surface area (Å²) >= 11 is 0. The zero-order valence-electron chi connectivity index (χ0n) is 29.7. The van der Waals surface area contributed by atoms with Crippen LogP contribution in [0.3, 0.4) is 0 Å². The van der Waals surface area contributed by atoms with Crippen molar-refractivity contribution in [3.05, 3.63) is 115 Å². The molecule has 0 radical (unpaired) electrons. The van der Waals surface area contributed by atoms with Gasteiger partial charge in [0.15, 0.2) is 33.7 Å². The molecule has 0 atom stereocenters. The van der Waals surface area contributed by atoms with E-state index in [1.165, 1.54) is 54.9 Å². The zero-order valence-corrected chi connectivity index (χ0v) is 29.7. The molecule has 0 amide bonds. The molecule has 0 aliphatic heterocycles. The van der Waals surface area contributed by atoms with Gasteiger partial charge in [-0.05, 0) is 73.6 Å². The molecule has 0 aliphatic rings. The second kappa shape index (κ2) is 11.8. The first-order chi connectivity index (χ1) is 26.2. The van der Waals surface area contributed by atoms with Crippen LogP contribution in [0.25, 0.3) is 109 Å². The first kappa shape index (κ1) is 30.6. The van der Waals surface area contributed by atoms with Crippen LogP contribution in [0, 0.1) is 0 Å². The molecule has 0 spiro atoms. The minimum absolute atomic E-state index is 0.119. The van der Waals surface area contributed by atoms with Crippen molar-refractivity contribution in [2.24, 2.45) is 0 Å². The third-order valence-electron chi connectivity index (χ3n) is 11.7. The van der Waals surface area contributed by atoms with Gasteiger partial charge in [-0.1, -0.05) is 143 Å². The molecule has 3 heterocycles. The number of unbranched alkanes of at least 4 members (excludes halogenated alkanes) is 6. The van der Waals surface area contributed by atoms with Gasteiger partial charge in [-0.3, -0.25) is 0 Å². The molecule has 4 nitrogen and oxygen atoms in total. The fourth-order valence-electron chi connectivity index (χ4n) is 9.35. The molecule has 0 saturated heterocycles. The van der Waals surface area contributed by atoms with Crippen molar-refractivity contribution >= 4 is 109 Å². The van der Waals surface area contributed by atoms with E-state index in [0.29, 0.717) is 16.7 Å². The van der Waals surface area contributed by atoms with Crippen molar-refractivity contribution in [2.45, 2.75) is 58.3 Å². The molecule has 258 valence electrons. The molecule has 0 aliphatic carbocycles. The minimum atomic E-state index is 0.119. The number of hydrogen-bond donors (Lipinski definition) is 1. The monoisotopic (exact) mass is 690 g/mol. The number of phenols is 1. The Bertz CT molecular complexity index is 3260. The predicted molar refractivity (Wildman–Crippen MR) is 222 cm³/mol. The number of aryl methyl sites for hydroxylation is 1. The molecular formula is C49H38O4. The quantitative estimate of drug-likeness (QED) is 0.161. The fraction of sp³-hybridized carbons (Fsp3) is 0.184. The van der Waals surface area contributed by atoms with E-state index in [1.807, 2.05) is 18.2 Å². The maximum Gasteiger partial charge on any atom is 0.179 e. The maximum absolute atomic E-state index is 11.3. The van der Waals surface area contributed by atoms with E-state index in [2.05, 4.69) is 91.9 Å². The van der Waals surface area contributed by atoms with Crippen molar-refractivity contribution in [3.63, 3.8) is 0 Å². The summed E-state index contributed by atoms with van der Waals surface area (Å²) in [6.07, 6.45) is 9.84. The molecule has 0 unspecified atom stereocenters. The summed E-state index contributed by atoms with van der Waals surface area (Å²) in [6, 6.07) is 38.2. The van der Waals surface area contributed by atoms with Gasteiger partial charge in [-0.25, -0.2) is 0 Å². The summed E-state index contributed by atoms with van der Waals surface area (Å²) in [5.41, 5.74) is 5.47. The molecule has 11 rings (SSSR count). The number of benzene rings is 8. The fourth-order valence-corrected chi connectivity index (χ4v) is 9.35. The van der Waals surface area contributed by atoms with Crippen LogP contribution in [0.4, 0.5) is 0 Å². The van der Waals surface area contributed by atoms with Crippen LogP contribution >= 0.6 is 0 Å². The third kappa shape index (κ3) is 4.36. The Morgan fingerprint density at radius 1 is 0.396 bits per heavy atom. The Morgan fingerprint density at radius 3 is 1.30 bits per heavy atom. The third-order valence-corrected chi connectivity index (χ3v) is 11.7. The molecule has 53 heavy (non-hydrogen) atoms. The number of rotatable bonds is 8. The minimum Gasteiger partial charge on any atom is -0.504 e. The van der Waals surface area contributed by atoms with Gasteiger partial charge in [0.25, 0.3) is 0 Å². The number of aromatic hydroxyl groups is 1. The lowest BCUT2D eigenvalue weighted by Crippen LogP contribution is -1.89. The van der Waals surface area contributed by atoms with Crippen molar-refractivity contribution in [3.8, 4) is 5.75 Å². The van der Waals surface area contributed by atoms with E-state index in [9.17, 15) is 5.11 Å². The van der Waals surface area contributed by atoms with Crippen molar-refractivity contribution < 1.29 is 18.4 Å². The number of furan rings is 3. The van der Waals surface area contributed by atoms with Gasteiger partial charge in [0.1, 0.15) is 5.58 Å². The summed E-state index contributed by atoms with van der Waals surface area (Å²) in [5.74, 6) is 0.119. The van der Waals surface area contributed by atoms with Crippen LogP contribution in [0.5, 0.6) is 5.75 Å². The van der Waals surface area contributed by atoms with E-state index >= 15 is 0 Å². The summed E-state index contributed by atoms with van der Waals surface area (Å²) in [7, 11) is 0. The van der Waals surface area contributed by atoms with Gasteiger partial charge >= 0.3 is 0 Å². The Labute approximate surface area is 305 Å². The molecular weight excluding hydrogens is 653 g/mol. The van der Waals surface area contributed by atoms with Crippen LogP contribution in [-0.2, 0) is 6.42 Å². The topological polar surface area (TPSA) is 59.7 Å². The number of phenolic OH excluding ortho intramolecular Hbond substituents is 1. The molecule has 0 bridgehead atoms. The average Bonchev–Trinajstić information content (AvgIpc) is 3.91. The van der Waals surface area contributed by atoms with Crippen LogP contribution in [0.2, 0.25) is 0 Å². The Morgan fingerprint density at radius 2 is 0.774 bits per heavy atom. The highest BCUT2D eigenvalue weighted by atomic mass is 16.4. The van der Waals surface area contributed by atoms with E-state index in [1.54, 1.807) is 6.07 Å². The van der Waals surface area contributed by atoms with Gasteiger partial charge in [0.2, 0.25) is 0 Å². The molecule has 0 fully saturated rings. The summed E-state index contributed by atoms with van der Waals surface area (Å²) in [6.45, 7) is 2.27. The lowest BCUT2D eigenvalue weighted by Gasteiger charge is -2.08. The average molecular weight is 691 g/mol. The van der Waals surface area contributed by atoms with Gasteiger partial charge < -0.3 is 18.4 Å². The highest BCUT2D eigenvalue weighted by Gasteiger charge is 2.28. The summed E-state index contributed by atoms with van der Waals surface area (Å²) in [4.78, 5) is 0. The smallest absolute Gasteiger partial charge is 0.179 e. The van der Waals surface area contributed by atoms with E-state index in [0.717, 1.165) is 94.2 Å². The van der Waals surface area contributed by atoms with Crippen LogP contribution in [0.15, 0.2) is 122 Å². The maximum atomic E-state index is 11.3. The van der Waals surface area contributed by atoms with Gasteiger partial charge in [-0.15, -0.1) is 0 Å².